The molecule has 0 aliphatic heterocycles. The van der Waals surface area contributed by atoms with E-state index < -0.39 is 23.8 Å². The van der Waals surface area contributed by atoms with Crippen molar-refractivity contribution in [1.82, 2.24) is 10.6 Å². The molecule has 0 unspecified atom stereocenters. The van der Waals surface area contributed by atoms with Crippen LogP contribution >= 0.6 is 0 Å². The van der Waals surface area contributed by atoms with E-state index in [4.69, 9.17) is 18.9 Å². The zero-order valence-electron chi connectivity index (χ0n) is 18.1. The van der Waals surface area contributed by atoms with Crippen LogP contribution in [0, 0.1) is 0 Å². The first kappa shape index (κ1) is 25.2. The van der Waals surface area contributed by atoms with Crippen LogP contribution in [0.15, 0.2) is 30.3 Å². The minimum absolute atomic E-state index is 0.0618. The Labute approximate surface area is 177 Å². The van der Waals surface area contributed by atoms with Crippen LogP contribution in [0.2, 0.25) is 0 Å². The molecule has 0 fully saturated rings. The van der Waals surface area contributed by atoms with E-state index >= 15 is 0 Å². The molecule has 168 valence electrons. The van der Waals surface area contributed by atoms with Gasteiger partial charge in [-0.05, 0) is 33.3 Å². The first-order chi connectivity index (χ1) is 14.2. The highest BCUT2D eigenvalue weighted by Gasteiger charge is 2.20. The van der Waals surface area contributed by atoms with Gasteiger partial charge in [0.25, 0.3) is 0 Å². The predicted molar refractivity (Wildman–Crippen MR) is 110 cm³/mol. The lowest BCUT2D eigenvalue weighted by Crippen LogP contribution is -2.48. The number of hydrogen-bond acceptors (Lipinski definition) is 7. The third kappa shape index (κ3) is 12.6. The topological polar surface area (TPSA) is 112 Å². The maximum absolute atomic E-state index is 12.0. The fourth-order valence-corrected chi connectivity index (χ4v) is 2.22. The molecule has 1 aromatic rings. The lowest BCUT2D eigenvalue weighted by molar-refractivity contribution is -0.144. The zero-order valence-corrected chi connectivity index (χ0v) is 18.1. The summed E-state index contributed by atoms with van der Waals surface area (Å²) in [4.78, 5) is 35.4. The molecule has 0 aliphatic carbocycles. The van der Waals surface area contributed by atoms with Gasteiger partial charge in [0.1, 0.15) is 12.2 Å². The molecule has 9 nitrogen and oxygen atoms in total. The Kier molecular flexibility index (Phi) is 11.3. The smallest absolute Gasteiger partial charge is 0.408 e. The Hall–Kier alpha value is -2.81. The third-order valence-corrected chi connectivity index (χ3v) is 3.50. The van der Waals surface area contributed by atoms with Crippen LogP contribution in [-0.2, 0) is 30.3 Å². The van der Waals surface area contributed by atoms with Crippen molar-refractivity contribution in [2.24, 2.45) is 0 Å². The van der Waals surface area contributed by atoms with Crippen LogP contribution < -0.4 is 10.6 Å². The van der Waals surface area contributed by atoms with Crippen LogP contribution in [0.4, 0.5) is 9.59 Å². The van der Waals surface area contributed by atoms with E-state index in [0.717, 1.165) is 5.56 Å². The van der Waals surface area contributed by atoms with Gasteiger partial charge in [0.2, 0.25) is 0 Å². The third-order valence-electron chi connectivity index (χ3n) is 3.50. The van der Waals surface area contributed by atoms with E-state index in [0.29, 0.717) is 6.61 Å². The normalized spacial score (nSPS) is 11.9. The summed E-state index contributed by atoms with van der Waals surface area (Å²) in [5.41, 5.74) is 0.194. The summed E-state index contributed by atoms with van der Waals surface area (Å²) in [5.74, 6) is -0.364. The molecule has 0 radical (unpaired) electrons. The Morgan fingerprint density at radius 1 is 1.03 bits per heavy atom. The average molecular weight is 424 g/mol. The lowest BCUT2D eigenvalue weighted by Gasteiger charge is -2.23. The average Bonchev–Trinajstić information content (AvgIpc) is 2.67. The first-order valence-electron chi connectivity index (χ1n) is 9.87. The molecule has 0 saturated heterocycles. The largest absolute Gasteiger partial charge is 0.466 e. The minimum Gasteiger partial charge on any atom is -0.466 e. The standard InChI is InChI=1S/C21H32N2O7/c1-5-28-18(24)11-12-27-15-17(23-20(26)30-21(2,3)4)13-22-19(25)29-14-16-9-7-6-8-10-16/h6-10,17H,5,11-15H2,1-4H3,(H,22,25)(H,23,26)/t17-/m0/s1. The summed E-state index contributed by atoms with van der Waals surface area (Å²) >= 11 is 0. The van der Waals surface area contributed by atoms with Gasteiger partial charge in [0.05, 0.1) is 32.3 Å². The summed E-state index contributed by atoms with van der Waals surface area (Å²) in [6.07, 6.45) is -1.16. The van der Waals surface area contributed by atoms with Crippen LogP contribution in [-0.4, -0.2) is 56.2 Å². The molecule has 0 saturated carbocycles. The molecule has 1 rings (SSSR count). The fraction of sp³-hybridized carbons (Fsp3) is 0.571. The second kappa shape index (κ2) is 13.4. The molecule has 1 atom stereocenters. The molecular weight excluding hydrogens is 392 g/mol. The van der Waals surface area contributed by atoms with Crippen molar-refractivity contribution in [1.29, 1.82) is 0 Å². The van der Waals surface area contributed by atoms with Crippen molar-refractivity contribution in [2.75, 3.05) is 26.4 Å². The van der Waals surface area contributed by atoms with Crippen molar-refractivity contribution in [2.45, 2.75) is 52.4 Å². The summed E-state index contributed by atoms with van der Waals surface area (Å²) < 4.78 is 20.7. The second-order valence-electron chi connectivity index (χ2n) is 7.42. The predicted octanol–water partition coefficient (Wildman–Crippen LogP) is 2.78. The number of esters is 1. The quantitative estimate of drug-likeness (QED) is 0.319. The maximum atomic E-state index is 12.0. The van der Waals surface area contributed by atoms with Crippen molar-refractivity contribution in [3.63, 3.8) is 0 Å². The highest BCUT2D eigenvalue weighted by atomic mass is 16.6. The molecule has 0 aromatic heterocycles. The minimum atomic E-state index is -0.665. The van der Waals surface area contributed by atoms with Gasteiger partial charge in [0, 0.05) is 6.54 Å². The Balaban J connectivity index is 2.46. The van der Waals surface area contributed by atoms with Gasteiger partial charge in [-0.25, -0.2) is 9.59 Å². The molecule has 30 heavy (non-hydrogen) atoms. The molecular formula is C21H32N2O7. The number of benzene rings is 1. The Bertz CT molecular complexity index is 659. The number of alkyl carbamates (subject to hydrolysis) is 2. The molecule has 9 heteroatoms. The molecule has 0 heterocycles. The lowest BCUT2D eigenvalue weighted by atomic mass is 10.2. The summed E-state index contributed by atoms with van der Waals surface area (Å²) in [6, 6.07) is 8.69. The first-order valence-corrected chi connectivity index (χ1v) is 9.87. The number of nitrogens with one attached hydrogen (secondary N) is 2. The van der Waals surface area contributed by atoms with E-state index in [9.17, 15) is 14.4 Å². The summed E-state index contributed by atoms with van der Waals surface area (Å²) in [7, 11) is 0. The van der Waals surface area contributed by atoms with Crippen molar-refractivity contribution < 1.29 is 33.3 Å². The van der Waals surface area contributed by atoms with Gasteiger partial charge in [0.15, 0.2) is 0 Å². The second-order valence-corrected chi connectivity index (χ2v) is 7.42. The van der Waals surface area contributed by atoms with E-state index in [1.54, 1.807) is 27.7 Å². The van der Waals surface area contributed by atoms with Gasteiger partial charge in [-0.2, -0.15) is 0 Å². The van der Waals surface area contributed by atoms with Gasteiger partial charge < -0.3 is 29.6 Å². The zero-order chi connectivity index (χ0) is 22.4. The number of carbonyl (C=O) groups is 3. The highest BCUT2D eigenvalue weighted by molar-refractivity contribution is 5.70. The number of hydrogen-bond donors (Lipinski definition) is 2. The van der Waals surface area contributed by atoms with Crippen LogP contribution in [0.3, 0.4) is 0 Å². The van der Waals surface area contributed by atoms with Gasteiger partial charge in [-0.1, -0.05) is 30.3 Å². The number of ether oxygens (including phenoxy) is 4. The molecule has 0 aliphatic rings. The van der Waals surface area contributed by atoms with Gasteiger partial charge in [-0.15, -0.1) is 0 Å². The monoisotopic (exact) mass is 424 g/mol. The molecule has 0 bridgehead atoms. The Morgan fingerprint density at radius 2 is 1.73 bits per heavy atom. The molecule has 2 amide bonds. The van der Waals surface area contributed by atoms with Gasteiger partial charge >= 0.3 is 18.2 Å². The van der Waals surface area contributed by atoms with Crippen LogP contribution in [0.1, 0.15) is 39.7 Å². The van der Waals surface area contributed by atoms with E-state index in [2.05, 4.69) is 10.6 Å². The Morgan fingerprint density at radius 3 is 2.37 bits per heavy atom. The van der Waals surface area contributed by atoms with Crippen LogP contribution in [0.25, 0.3) is 0 Å². The number of rotatable bonds is 11. The van der Waals surface area contributed by atoms with Gasteiger partial charge in [-0.3, -0.25) is 4.79 Å². The summed E-state index contributed by atoms with van der Waals surface area (Å²) in [5, 5.41) is 5.23. The van der Waals surface area contributed by atoms with Crippen molar-refractivity contribution in [3.05, 3.63) is 35.9 Å². The van der Waals surface area contributed by atoms with Crippen molar-refractivity contribution >= 4 is 18.2 Å². The number of carbonyl (C=O) groups excluding carboxylic acids is 3. The maximum Gasteiger partial charge on any atom is 0.408 e. The fourth-order valence-electron chi connectivity index (χ4n) is 2.22. The van der Waals surface area contributed by atoms with E-state index in [1.165, 1.54) is 0 Å². The molecule has 2 N–H and O–H groups in total. The number of amides is 2. The van der Waals surface area contributed by atoms with E-state index in [-0.39, 0.29) is 38.8 Å². The van der Waals surface area contributed by atoms with Crippen molar-refractivity contribution in [3.8, 4) is 0 Å². The highest BCUT2D eigenvalue weighted by Crippen LogP contribution is 2.07. The SMILES string of the molecule is CCOC(=O)CCOC[C@H](CNC(=O)OCc1ccccc1)NC(=O)OC(C)(C)C. The molecule has 0 spiro atoms. The van der Waals surface area contributed by atoms with Crippen LogP contribution in [0.5, 0.6) is 0 Å². The summed E-state index contributed by atoms with van der Waals surface area (Å²) in [6.45, 7) is 7.66. The van der Waals surface area contributed by atoms with E-state index in [1.807, 2.05) is 30.3 Å². The molecule has 1 aromatic carbocycles.